The van der Waals surface area contributed by atoms with Gasteiger partial charge in [-0.1, -0.05) is 31.2 Å². The Bertz CT molecular complexity index is 771. The van der Waals surface area contributed by atoms with Crippen LogP contribution in [0.3, 0.4) is 0 Å². The average molecular weight is 337 g/mol. The number of benzene rings is 1. The molecule has 3 heterocycles. The van der Waals surface area contributed by atoms with Crippen LogP contribution in [-0.2, 0) is 6.54 Å². The molecule has 1 aliphatic rings. The van der Waals surface area contributed by atoms with Crippen molar-refractivity contribution in [1.82, 2.24) is 19.8 Å². The number of aromatic nitrogens is 2. The predicted molar refractivity (Wildman–Crippen MR) is 99.1 cm³/mol. The first-order chi connectivity index (χ1) is 11.8. The summed E-state index contributed by atoms with van der Waals surface area (Å²) >= 11 is 1.70. The van der Waals surface area contributed by atoms with Crippen LogP contribution in [0, 0.1) is 6.20 Å². The Labute approximate surface area is 146 Å². The summed E-state index contributed by atoms with van der Waals surface area (Å²) in [5, 5.41) is 0.996. The van der Waals surface area contributed by atoms with E-state index in [-0.39, 0.29) is 0 Å². The minimum Gasteiger partial charge on any atom is -0.301 e. The molecule has 1 saturated heterocycles. The van der Waals surface area contributed by atoms with E-state index >= 15 is 0 Å². The second kappa shape index (κ2) is 6.97. The summed E-state index contributed by atoms with van der Waals surface area (Å²) in [4.78, 5) is 15.6. The van der Waals surface area contributed by atoms with Gasteiger partial charge in [0.2, 0.25) is 0 Å². The van der Waals surface area contributed by atoms with Crippen molar-refractivity contribution in [2.75, 3.05) is 32.7 Å². The maximum Gasteiger partial charge on any atom is 0.127 e. The fourth-order valence-corrected chi connectivity index (χ4v) is 4.13. The van der Waals surface area contributed by atoms with Crippen molar-refractivity contribution in [2.45, 2.75) is 13.5 Å². The van der Waals surface area contributed by atoms with Crippen molar-refractivity contribution in [1.29, 1.82) is 0 Å². The third kappa shape index (κ3) is 3.34. The lowest BCUT2D eigenvalue weighted by molar-refractivity contribution is 0.132. The first kappa shape index (κ1) is 15.7. The molecule has 0 bridgehead atoms. The molecule has 1 fully saturated rings. The van der Waals surface area contributed by atoms with Gasteiger partial charge in [0.15, 0.2) is 0 Å². The Hall–Kier alpha value is -1.82. The Morgan fingerprint density at radius 1 is 1.08 bits per heavy atom. The maximum atomic E-state index is 4.30. The quantitative estimate of drug-likeness (QED) is 0.731. The summed E-state index contributed by atoms with van der Waals surface area (Å²) in [6.07, 6.45) is 4.56. The largest absolute Gasteiger partial charge is 0.301 e. The molecule has 24 heavy (non-hydrogen) atoms. The zero-order chi connectivity index (χ0) is 16.4. The first-order valence-corrected chi connectivity index (χ1v) is 9.30. The van der Waals surface area contributed by atoms with Crippen LogP contribution in [-0.4, -0.2) is 52.5 Å². The highest BCUT2D eigenvalue weighted by Gasteiger charge is 2.15. The average Bonchev–Trinajstić information content (AvgIpc) is 3.07. The monoisotopic (exact) mass is 337 g/mol. The molecule has 1 aliphatic heterocycles. The summed E-state index contributed by atoms with van der Waals surface area (Å²) < 4.78 is 0. The molecule has 1 radical (unpaired) electrons. The van der Waals surface area contributed by atoms with Gasteiger partial charge < -0.3 is 4.90 Å². The van der Waals surface area contributed by atoms with Crippen LogP contribution < -0.4 is 0 Å². The lowest BCUT2D eigenvalue weighted by Gasteiger charge is -2.34. The van der Waals surface area contributed by atoms with Gasteiger partial charge in [-0.2, -0.15) is 0 Å². The van der Waals surface area contributed by atoms with Gasteiger partial charge in [-0.15, -0.1) is 11.3 Å². The van der Waals surface area contributed by atoms with Crippen LogP contribution >= 0.6 is 11.3 Å². The Morgan fingerprint density at radius 2 is 1.83 bits per heavy atom. The van der Waals surface area contributed by atoms with Crippen molar-refractivity contribution in [3.63, 3.8) is 0 Å². The van der Waals surface area contributed by atoms with E-state index in [0.29, 0.717) is 0 Å². The van der Waals surface area contributed by atoms with Crippen LogP contribution in [0.4, 0.5) is 0 Å². The predicted octanol–water partition coefficient (Wildman–Crippen LogP) is 3.30. The molecule has 1 aromatic carbocycles. The summed E-state index contributed by atoms with van der Waals surface area (Å²) in [6.45, 7) is 9.16. The first-order valence-electron chi connectivity index (χ1n) is 8.48. The highest BCUT2D eigenvalue weighted by Crippen LogP contribution is 2.31. The topological polar surface area (TPSA) is 32.3 Å². The van der Waals surface area contributed by atoms with Crippen molar-refractivity contribution in [3.05, 3.63) is 48.4 Å². The number of rotatable bonds is 4. The van der Waals surface area contributed by atoms with Crippen LogP contribution in [0.15, 0.2) is 36.7 Å². The van der Waals surface area contributed by atoms with Crippen LogP contribution in [0.1, 0.15) is 12.5 Å². The van der Waals surface area contributed by atoms with Crippen molar-refractivity contribution < 1.29 is 0 Å². The number of thiophene rings is 1. The van der Waals surface area contributed by atoms with E-state index in [1.165, 1.54) is 48.7 Å². The second-order valence-corrected chi connectivity index (χ2v) is 7.25. The van der Waals surface area contributed by atoms with Gasteiger partial charge in [0.1, 0.15) is 17.4 Å². The van der Waals surface area contributed by atoms with E-state index in [4.69, 9.17) is 0 Å². The summed E-state index contributed by atoms with van der Waals surface area (Å²) in [5.74, 6) is 0. The molecule has 4 rings (SSSR count). The summed E-state index contributed by atoms with van der Waals surface area (Å²) in [5.41, 5.74) is 2.63. The highest BCUT2D eigenvalue weighted by molar-refractivity contribution is 7.21. The molecule has 2 aromatic heterocycles. The molecule has 0 unspecified atom stereocenters. The third-order valence-corrected chi connectivity index (χ3v) is 5.78. The molecular formula is C19H21N4S. The molecular weight excluding hydrogens is 316 g/mol. The lowest BCUT2D eigenvalue weighted by Crippen LogP contribution is -2.45. The number of nitrogens with zero attached hydrogens (tertiary/aromatic N) is 4. The number of fused-ring (bicyclic) bond motifs is 1. The highest BCUT2D eigenvalue weighted by atomic mass is 32.1. The van der Waals surface area contributed by atoms with Gasteiger partial charge in [0.05, 0.1) is 0 Å². The molecule has 5 heteroatoms. The van der Waals surface area contributed by atoms with Crippen LogP contribution in [0.2, 0.25) is 0 Å². The Balaban J connectivity index is 1.45. The van der Waals surface area contributed by atoms with Gasteiger partial charge in [-0.05, 0) is 23.7 Å². The smallest absolute Gasteiger partial charge is 0.127 e. The molecule has 0 aliphatic carbocycles. The van der Waals surface area contributed by atoms with E-state index in [1.807, 2.05) is 0 Å². The van der Waals surface area contributed by atoms with Gasteiger partial charge >= 0.3 is 0 Å². The van der Waals surface area contributed by atoms with Crippen LogP contribution in [0.25, 0.3) is 20.7 Å². The van der Waals surface area contributed by atoms with Gasteiger partial charge in [-0.25, -0.2) is 9.97 Å². The van der Waals surface area contributed by atoms with Crippen molar-refractivity contribution in [2.24, 2.45) is 0 Å². The zero-order valence-electron chi connectivity index (χ0n) is 13.9. The van der Waals surface area contributed by atoms with E-state index in [2.05, 4.69) is 63.2 Å². The molecule has 123 valence electrons. The number of piperazine rings is 1. The normalized spacial score (nSPS) is 16.7. The van der Waals surface area contributed by atoms with Crippen molar-refractivity contribution >= 4 is 21.6 Å². The van der Waals surface area contributed by atoms with Gasteiger partial charge in [0.25, 0.3) is 0 Å². The third-order valence-electron chi connectivity index (χ3n) is 4.69. The lowest BCUT2D eigenvalue weighted by atomic mass is 10.1. The second-order valence-electron chi connectivity index (χ2n) is 6.22. The van der Waals surface area contributed by atoms with Crippen LogP contribution in [0.5, 0.6) is 0 Å². The van der Waals surface area contributed by atoms with Crippen molar-refractivity contribution in [3.8, 4) is 10.4 Å². The Kier molecular flexibility index (Phi) is 4.56. The van der Waals surface area contributed by atoms with E-state index in [0.717, 1.165) is 16.8 Å². The van der Waals surface area contributed by atoms with E-state index < -0.39 is 0 Å². The van der Waals surface area contributed by atoms with E-state index in [9.17, 15) is 0 Å². The molecule has 0 atom stereocenters. The van der Waals surface area contributed by atoms with E-state index in [1.54, 1.807) is 17.7 Å². The molecule has 0 amide bonds. The summed E-state index contributed by atoms with van der Waals surface area (Å²) in [6, 6.07) is 11.1. The molecule has 0 N–H and O–H groups in total. The molecule has 0 spiro atoms. The minimum absolute atomic E-state index is 0.996. The molecule has 3 aromatic rings. The zero-order valence-corrected chi connectivity index (χ0v) is 14.7. The summed E-state index contributed by atoms with van der Waals surface area (Å²) in [7, 11) is 0. The molecule has 4 nitrogen and oxygen atoms in total. The number of likely N-dealkylation sites (N-methyl/N-ethyl adjacent to an activating group) is 1. The standard InChI is InChI=1S/C19H21N4S/c1-2-22-7-9-23(10-8-22)13-15-3-5-16(6-4-15)18-11-17-12-20-14-21-19(17)24-18/h3-6,11,14H,2,7-10,13H2,1H3. The fourth-order valence-electron chi connectivity index (χ4n) is 3.18. The number of hydrogen-bond donors (Lipinski definition) is 0. The number of hydrogen-bond acceptors (Lipinski definition) is 5. The maximum absolute atomic E-state index is 4.30. The molecule has 0 saturated carbocycles. The van der Waals surface area contributed by atoms with Gasteiger partial charge in [-0.3, -0.25) is 4.90 Å². The fraction of sp³-hybridized carbons (Fsp3) is 0.368. The Morgan fingerprint density at radius 3 is 2.54 bits per heavy atom. The SMILES string of the molecule is CCN1CCN(Cc2ccc(-c3cc4[c]ncnc4s3)cc2)CC1. The van der Waals surface area contributed by atoms with Gasteiger partial charge in [0, 0.05) is 43.0 Å². The minimum atomic E-state index is 0.996.